The predicted molar refractivity (Wildman–Crippen MR) is 147 cm³/mol. The lowest BCUT2D eigenvalue weighted by Gasteiger charge is -2.50. The van der Waals surface area contributed by atoms with Crippen LogP contribution in [0.1, 0.15) is 49.8 Å². The number of carbonyl (C=O) groups excluding carboxylic acids is 1. The quantitative estimate of drug-likeness (QED) is 0.573. The summed E-state index contributed by atoms with van der Waals surface area (Å²) in [7, 11) is -3.68. The standard InChI is InChI=1S/C29H41N3O4S/c1-21(2)15-25-18-36-29(20-32(25)37(34,35)26-11-8-22(3)9-12-26)13-6-14-31(19-29)17-28(33)30-27-16-23(4)7-10-24(27)5/h7-12,16,21,25H,6,13-15,17-20H2,1-5H3,(H,30,33)/t25-,29-/m0/s1. The smallest absolute Gasteiger partial charge is 0.243 e. The third-order valence-corrected chi connectivity index (χ3v) is 9.37. The van der Waals surface area contributed by atoms with Gasteiger partial charge in [0.15, 0.2) is 0 Å². The Bertz CT molecular complexity index is 1210. The minimum absolute atomic E-state index is 0.0663. The molecule has 37 heavy (non-hydrogen) atoms. The number of sulfonamides is 1. The van der Waals surface area contributed by atoms with Crippen LogP contribution in [0.15, 0.2) is 47.4 Å². The van der Waals surface area contributed by atoms with Crippen molar-refractivity contribution in [2.75, 3.05) is 38.1 Å². The minimum Gasteiger partial charge on any atom is -0.371 e. The van der Waals surface area contributed by atoms with Crippen LogP contribution in [0.4, 0.5) is 5.69 Å². The predicted octanol–water partition coefficient (Wildman–Crippen LogP) is 4.52. The number of hydrogen-bond acceptors (Lipinski definition) is 5. The number of carbonyl (C=O) groups is 1. The lowest BCUT2D eigenvalue weighted by atomic mass is 9.89. The zero-order valence-corrected chi connectivity index (χ0v) is 23.6. The molecular weight excluding hydrogens is 486 g/mol. The molecule has 2 fully saturated rings. The highest BCUT2D eigenvalue weighted by atomic mass is 32.2. The molecule has 2 aliphatic heterocycles. The van der Waals surface area contributed by atoms with E-state index in [2.05, 4.69) is 24.1 Å². The Morgan fingerprint density at radius 3 is 2.49 bits per heavy atom. The van der Waals surface area contributed by atoms with Gasteiger partial charge in [0, 0.05) is 24.8 Å². The molecule has 1 amide bonds. The van der Waals surface area contributed by atoms with Gasteiger partial charge >= 0.3 is 0 Å². The molecule has 0 saturated carbocycles. The van der Waals surface area contributed by atoms with E-state index in [9.17, 15) is 13.2 Å². The van der Waals surface area contributed by atoms with E-state index in [0.717, 1.165) is 48.2 Å². The van der Waals surface area contributed by atoms with Gasteiger partial charge in [0.25, 0.3) is 0 Å². The van der Waals surface area contributed by atoms with Crippen LogP contribution >= 0.6 is 0 Å². The highest BCUT2D eigenvalue weighted by Crippen LogP contribution is 2.35. The van der Waals surface area contributed by atoms with Crippen LogP contribution in [-0.4, -0.2) is 68.0 Å². The molecule has 202 valence electrons. The summed E-state index contributed by atoms with van der Waals surface area (Å²) in [6, 6.07) is 12.9. The molecule has 2 aromatic rings. The minimum atomic E-state index is -3.68. The van der Waals surface area contributed by atoms with Gasteiger partial charge < -0.3 is 10.1 Å². The van der Waals surface area contributed by atoms with E-state index < -0.39 is 15.6 Å². The van der Waals surface area contributed by atoms with Gasteiger partial charge in [-0.25, -0.2) is 8.42 Å². The maximum atomic E-state index is 13.8. The van der Waals surface area contributed by atoms with Crippen molar-refractivity contribution in [2.45, 2.75) is 70.4 Å². The van der Waals surface area contributed by atoms with Crippen molar-refractivity contribution in [3.8, 4) is 0 Å². The molecule has 0 radical (unpaired) electrons. The second-order valence-electron chi connectivity index (χ2n) is 11.3. The number of anilines is 1. The van der Waals surface area contributed by atoms with E-state index in [1.165, 1.54) is 0 Å². The lowest BCUT2D eigenvalue weighted by Crippen LogP contribution is -2.64. The highest BCUT2D eigenvalue weighted by Gasteiger charge is 2.47. The molecule has 4 rings (SSSR count). The summed E-state index contributed by atoms with van der Waals surface area (Å²) in [4.78, 5) is 15.3. The molecule has 7 nitrogen and oxygen atoms in total. The van der Waals surface area contributed by atoms with Gasteiger partial charge in [-0.15, -0.1) is 0 Å². The monoisotopic (exact) mass is 527 g/mol. The van der Waals surface area contributed by atoms with Gasteiger partial charge in [-0.05, 0) is 81.8 Å². The van der Waals surface area contributed by atoms with Crippen LogP contribution < -0.4 is 5.32 Å². The number of amides is 1. The summed E-state index contributed by atoms with van der Waals surface area (Å²) < 4.78 is 35.8. The van der Waals surface area contributed by atoms with Gasteiger partial charge in [-0.3, -0.25) is 9.69 Å². The van der Waals surface area contributed by atoms with Crippen molar-refractivity contribution in [3.05, 3.63) is 59.2 Å². The number of rotatable bonds is 7. The molecule has 0 aromatic heterocycles. The number of hydrogen-bond donors (Lipinski definition) is 1. The second-order valence-corrected chi connectivity index (χ2v) is 13.2. The van der Waals surface area contributed by atoms with E-state index in [0.29, 0.717) is 30.5 Å². The van der Waals surface area contributed by atoms with Crippen molar-refractivity contribution in [1.82, 2.24) is 9.21 Å². The molecule has 0 bridgehead atoms. The van der Waals surface area contributed by atoms with Crippen molar-refractivity contribution < 1.29 is 17.9 Å². The summed E-state index contributed by atoms with van der Waals surface area (Å²) in [5.41, 5.74) is 3.36. The van der Waals surface area contributed by atoms with Crippen LogP contribution in [0.5, 0.6) is 0 Å². The molecule has 2 heterocycles. The van der Waals surface area contributed by atoms with E-state index >= 15 is 0 Å². The van der Waals surface area contributed by atoms with Crippen LogP contribution in [0, 0.1) is 26.7 Å². The third kappa shape index (κ3) is 6.60. The van der Waals surface area contributed by atoms with Gasteiger partial charge in [0.2, 0.25) is 15.9 Å². The Kier molecular flexibility index (Phi) is 8.43. The SMILES string of the molecule is Cc1ccc(S(=O)(=O)N2C[C@@]3(CCCN(CC(=O)Nc4cc(C)ccc4C)C3)OC[C@@H]2CC(C)C)cc1. The second kappa shape index (κ2) is 11.2. The number of likely N-dealkylation sites (tertiary alicyclic amines) is 1. The van der Waals surface area contributed by atoms with Gasteiger partial charge in [-0.1, -0.05) is 43.7 Å². The summed E-state index contributed by atoms with van der Waals surface area (Å²) in [6.45, 7) is 12.4. The fourth-order valence-electron chi connectivity index (χ4n) is 5.51. The van der Waals surface area contributed by atoms with E-state index in [1.54, 1.807) is 16.4 Å². The number of nitrogens with zero attached hydrogens (tertiary/aromatic N) is 2. The Labute approximate surface area is 222 Å². The molecule has 0 unspecified atom stereocenters. The first-order valence-electron chi connectivity index (χ1n) is 13.3. The average Bonchev–Trinajstić information content (AvgIpc) is 2.83. The Morgan fingerprint density at radius 2 is 1.78 bits per heavy atom. The van der Waals surface area contributed by atoms with Gasteiger partial charge in [0.1, 0.15) is 0 Å². The van der Waals surface area contributed by atoms with E-state index in [4.69, 9.17) is 4.74 Å². The van der Waals surface area contributed by atoms with Crippen LogP contribution in [0.2, 0.25) is 0 Å². The molecule has 2 aliphatic rings. The van der Waals surface area contributed by atoms with E-state index in [-0.39, 0.29) is 18.5 Å². The van der Waals surface area contributed by atoms with Gasteiger partial charge in [-0.2, -0.15) is 4.31 Å². The van der Waals surface area contributed by atoms with Crippen LogP contribution in [0.3, 0.4) is 0 Å². The molecule has 2 saturated heterocycles. The number of nitrogens with one attached hydrogen (secondary N) is 1. The number of benzene rings is 2. The number of morpholine rings is 1. The third-order valence-electron chi connectivity index (χ3n) is 7.46. The summed E-state index contributed by atoms with van der Waals surface area (Å²) in [5.74, 6) is 0.276. The van der Waals surface area contributed by atoms with Gasteiger partial charge in [0.05, 0.1) is 23.6 Å². The van der Waals surface area contributed by atoms with Crippen molar-refractivity contribution in [3.63, 3.8) is 0 Å². The number of ether oxygens (including phenoxy) is 1. The summed E-state index contributed by atoms with van der Waals surface area (Å²) in [6.07, 6.45) is 2.36. The van der Waals surface area contributed by atoms with Crippen molar-refractivity contribution in [2.24, 2.45) is 5.92 Å². The average molecular weight is 528 g/mol. The Balaban J connectivity index is 1.51. The normalized spacial score (nSPS) is 23.5. The lowest BCUT2D eigenvalue weighted by molar-refractivity contribution is -0.146. The first-order chi connectivity index (χ1) is 17.5. The molecule has 2 atom stereocenters. The maximum absolute atomic E-state index is 13.8. The maximum Gasteiger partial charge on any atom is 0.243 e. The fourth-order valence-corrected chi connectivity index (χ4v) is 7.20. The molecule has 8 heteroatoms. The molecule has 2 aromatic carbocycles. The molecule has 1 spiro atoms. The largest absolute Gasteiger partial charge is 0.371 e. The fraction of sp³-hybridized carbons (Fsp3) is 0.552. The number of piperidine rings is 1. The Morgan fingerprint density at radius 1 is 1.08 bits per heavy atom. The topological polar surface area (TPSA) is 79.0 Å². The molecule has 1 N–H and O–H groups in total. The van der Waals surface area contributed by atoms with E-state index in [1.807, 2.05) is 51.1 Å². The zero-order chi connectivity index (χ0) is 26.8. The molecular formula is C29H41N3O4S. The number of aryl methyl sites for hydroxylation is 3. The van der Waals surface area contributed by atoms with Crippen molar-refractivity contribution in [1.29, 1.82) is 0 Å². The van der Waals surface area contributed by atoms with Crippen LogP contribution in [-0.2, 0) is 19.6 Å². The van der Waals surface area contributed by atoms with Crippen LogP contribution in [0.25, 0.3) is 0 Å². The van der Waals surface area contributed by atoms with Crippen molar-refractivity contribution >= 4 is 21.6 Å². The first-order valence-corrected chi connectivity index (χ1v) is 14.7. The summed E-state index contributed by atoms with van der Waals surface area (Å²) in [5, 5.41) is 3.05. The molecule has 0 aliphatic carbocycles. The Hall–Kier alpha value is -2.26. The highest BCUT2D eigenvalue weighted by molar-refractivity contribution is 7.89. The first kappa shape index (κ1) is 27.8. The zero-order valence-electron chi connectivity index (χ0n) is 22.8. The summed E-state index contributed by atoms with van der Waals surface area (Å²) >= 11 is 0.